The van der Waals surface area contributed by atoms with Crippen LogP contribution in [0.25, 0.3) is 0 Å². The fourth-order valence-electron chi connectivity index (χ4n) is 3.95. The Hall–Kier alpha value is -1.10. The molecule has 5 nitrogen and oxygen atoms in total. The average Bonchev–Trinajstić information content (AvgIpc) is 2.52. The highest BCUT2D eigenvalue weighted by atomic mass is 17.1. The topological polar surface area (TPSA) is 83.8 Å². The smallest absolute Gasteiger partial charge is 0.349 e. The van der Waals surface area contributed by atoms with E-state index in [0.717, 1.165) is 32.1 Å². The second kappa shape index (κ2) is 9.40. The lowest BCUT2D eigenvalue weighted by atomic mass is 9.49. The number of rotatable bonds is 12. The Morgan fingerprint density at radius 3 is 1.71 bits per heavy atom. The summed E-state index contributed by atoms with van der Waals surface area (Å²) >= 11 is 0. The second-order valence-corrected chi connectivity index (χ2v) is 8.07. The lowest BCUT2D eigenvalue weighted by Crippen LogP contribution is -2.54. The number of unbranched alkanes of at least 4 members (excludes halogenated alkanes) is 3. The molecule has 2 N–H and O–H groups in total. The maximum Gasteiger partial charge on any atom is 0.349 e. The molecule has 0 aliphatic heterocycles. The van der Waals surface area contributed by atoms with Crippen LogP contribution >= 0.6 is 0 Å². The van der Waals surface area contributed by atoms with Crippen molar-refractivity contribution in [3.8, 4) is 0 Å². The van der Waals surface area contributed by atoms with E-state index in [9.17, 15) is 14.8 Å². The van der Waals surface area contributed by atoms with Crippen LogP contribution in [0.3, 0.4) is 0 Å². The van der Waals surface area contributed by atoms with Gasteiger partial charge in [-0.3, -0.25) is 4.79 Å². The van der Waals surface area contributed by atoms with Gasteiger partial charge in [-0.1, -0.05) is 60.8 Å². The third kappa shape index (κ3) is 4.95. The average molecular weight is 344 g/mol. The van der Waals surface area contributed by atoms with E-state index in [4.69, 9.17) is 5.11 Å². The van der Waals surface area contributed by atoms with Gasteiger partial charge in [-0.25, -0.2) is 4.79 Å². The highest BCUT2D eigenvalue weighted by Crippen LogP contribution is 2.58. The van der Waals surface area contributed by atoms with Gasteiger partial charge in [0, 0.05) is 6.42 Å². The molecule has 0 atom stereocenters. The predicted octanol–water partition coefficient (Wildman–Crippen LogP) is 5.29. The molecule has 0 fully saturated rings. The predicted molar refractivity (Wildman–Crippen MR) is 94.6 cm³/mol. The summed E-state index contributed by atoms with van der Waals surface area (Å²) in [5.74, 6) is -1.32. The molecule has 5 heteroatoms. The quantitative estimate of drug-likeness (QED) is 0.285. The molecule has 0 aromatic carbocycles. The Kier molecular flexibility index (Phi) is 8.97. The minimum absolute atomic E-state index is 0.185. The van der Waals surface area contributed by atoms with Crippen molar-refractivity contribution in [2.24, 2.45) is 16.2 Å². The van der Waals surface area contributed by atoms with Crippen molar-refractivity contribution < 1.29 is 24.8 Å². The van der Waals surface area contributed by atoms with Crippen LogP contribution in [0, 0.1) is 16.2 Å². The zero-order valence-electron chi connectivity index (χ0n) is 16.3. The van der Waals surface area contributed by atoms with Crippen molar-refractivity contribution in [1.82, 2.24) is 0 Å². The molecule has 0 bridgehead atoms. The Morgan fingerprint density at radius 1 is 0.875 bits per heavy atom. The van der Waals surface area contributed by atoms with Crippen molar-refractivity contribution in [2.75, 3.05) is 0 Å². The van der Waals surface area contributed by atoms with E-state index in [2.05, 4.69) is 46.4 Å². The van der Waals surface area contributed by atoms with Crippen LogP contribution in [0.5, 0.6) is 0 Å². The molecule has 0 aromatic rings. The first-order valence-corrected chi connectivity index (χ1v) is 9.10. The van der Waals surface area contributed by atoms with Gasteiger partial charge in [-0.2, -0.15) is 5.26 Å². The fourth-order valence-corrected chi connectivity index (χ4v) is 3.95. The molecule has 0 aliphatic carbocycles. The molecular weight excluding hydrogens is 308 g/mol. The number of carbonyl (C=O) groups excluding carboxylic acids is 1. The molecule has 142 valence electrons. The highest BCUT2D eigenvalue weighted by Gasteiger charge is 2.59. The second-order valence-electron chi connectivity index (χ2n) is 8.07. The van der Waals surface area contributed by atoms with Gasteiger partial charge in [0.15, 0.2) is 0 Å². The van der Waals surface area contributed by atoms with Gasteiger partial charge in [-0.15, -0.1) is 0 Å². The molecule has 0 rings (SSSR count). The molecular formula is C19H36O5. The first kappa shape index (κ1) is 22.9. The largest absolute Gasteiger partial charge is 0.481 e. The van der Waals surface area contributed by atoms with E-state index >= 15 is 0 Å². The molecule has 0 saturated carbocycles. The normalized spacial score (nSPS) is 13.0. The van der Waals surface area contributed by atoms with Gasteiger partial charge < -0.3 is 9.99 Å². The van der Waals surface area contributed by atoms with Crippen molar-refractivity contribution in [1.29, 1.82) is 0 Å². The molecule has 0 spiro atoms. The first-order chi connectivity index (χ1) is 11.0. The molecule has 0 radical (unpaired) electrons. The van der Waals surface area contributed by atoms with E-state index < -0.39 is 17.4 Å². The number of carbonyl (C=O) groups is 2. The van der Waals surface area contributed by atoms with Gasteiger partial charge in [0.1, 0.15) is 0 Å². The summed E-state index contributed by atoms with van der Waals surface area (Å²) in [4.78, 5) is 27.6. The van der Waals surface area contributed by atoms with Crippen molar-refractivity contribution in [3.05, 3.63) is 0 Å². The Bertz CT molecular complexity index is 396. The third-order valence-corrected chi connectivity index (χ3v) is 6.20. The lowest BCUT2D eigenvalue weighted by Gasteiger charge is -2.53. The van der Waals surface area contributed by atoms with Crippen LogP contribution in [0.4, 0.5) is 0 Å². The van der Waals surface area contributed by atoms with E-state index in [0.29, 0.717) is 12.8 Å². The lowest BCUT2D eigenvalue weighted by molar-refractivity contribution is -0.262. The maximum absolute atomic E-state index is 12.7. The molecule has 0 amide bonds. The van der Waals surface area contributed by atoms with Gasteiger partial charge in [0.05, 0.1) is 5.41 Å². The number of carboxylic acids is 1. The van der Waals surface area contributed by atoms with E-state index in [1.807, 2.05) is 0 Å². The van der Waals surface area contributed by atoms with Crippen LogP contribution < -0.4 is 0 Å². The summed E-state index contributed by atoms with van der Waals surface area (Å²) in [6.07, 6.45) is 5.56. The van der Waals surface area contributed by atoms with E-state index in [1.54, 1.807) is 0 Å². The monoisotopic (exact) mass is 344 g/mol. The molecule has 0 unspecified atom stereocenters. The highest BCUT2D eigenvalue weighted by molar-refractivity contribution is 5.78. The summed E-state index contributed by atoms with van der Waals surface area (Å²) in [5, 5.41) is 17.9. The minimum atomic E-state index is -0.787. The zero-order valence-corrected chi connectivity index (χ0v) is 16.3. The SMILES string of the molecule is CCC(C)(C)C(CCCCCCC(=O)O)(C(=O)OO)C(C)(C)CC. The van der Waals surface area contributed by atoms with Crippen LogP contribution in [0.15, 0.2) is 0 Å². The van der Waals surface area contributed by atoms with Crippen molar-refractivity contribution in [2.45, 2.75) is 92.9 Å². The standard InChI is InChI=1S/C19H36O5/c1-7-17(3,4)19(16(22)24-23,18(5,6)8-2)14-12-10-9-11-13-15(20)21/h23H,7-14H2,1-6H3,(H,20,21). The Balaban J connectivity index is 5.32. The molecule has 0 saturated heterocycles. The summed E-state index contributed by atoms with van der Waals surface area (Å²) < 4.78 is 0. The van der Waals surface area contributed by atoms with Crippen LogP contribution in [-0.2, 0) is 14.5 Å². The number of hydrogen-bond donors (Lipinski definition) is 2. The number of aliphatic carboxylic acids is 1. The fraction of sp³-hybridized carbons (Fsp3) is 0.895. The summed E-state index contributed by atoms with van der Waals surface area (Å²) in [7, 11) is 0. The number of carboxylic acid groups (broad SMARTS) is 1. The number of hydrogen-bond acceptors (Lipinski definition) is 4. The summed E-state index contributed by atoms with van der Waals surface area (Å²) in [5.41, 5.74) is -1.44. The Labute approximate surface area is 146 Å². The maximum atomic E-state index is 12.7. The van der Waals surface area contributed by atoms with Crippen LogP contribution in [0.2, 0.25) is 0 Å². The van der Waals surface area contributed by atoms with Crippen LogP contribution in [0.1, 0.15) is 92.9 Å². The molecule has 24 heavy (non-hydrogen) atoms. The zero-order chi connectivity index (χ0) is 19.0. The van der Waals surface area contributed by atoms with Gasteiger partial charge in [-0.05, 0) is 36.5 Å². The molecule has 0 aromatic heterocycles. The van der Waals surface area contributed by atoms with Crippen LogP contribution in [-0.4, -0.2) is 22.3 Å². The minimum Gasteiger partial charge on any atom is -0.481 e. The van der Waals surface area contributed by atoms with Crippen molar-refractivity contribution >= 4 is 11.9 Å². The van der Waals surface area contributed by atoms with Gasteiger partial charge >= 0.3 is 11.9 Å². The van der Waals surface area contributed by atoms with Gasteiger partial charge in [0.25, 0.3) is 0 Å². The summed E-state index contributed by atoms with van der Waals surface area (Å²) in [6, 6.07) is 0. The summed E-state index contributed by atoms with van der Waals surface area (Å²) in [6.45, 7) is 12.4. The molecule has 0 aliphatic rings. The van der Waals surface area contributed by atoms with Crippen molar-refractivity contribution in [3.63, 3.8) is 0 Å². The molecule has 0 heterocycles. The van der Waals surface area contributed by atoms with Gasteiger partial charge in [0.2, 0.25) is 0 Å². The first-order valence-electron chi connectivity index (χ1n) is 9.10. The third-order valence-electron chi connectivity index (χ3n) is 6.20. The van der Waals surface area contributed by atoms with E-state index in [-0.39, 0.29) is 17.3 Å². The van der Waals surface area contributed by atoms with E-state index in [1.165, 1.54) is 0 Å². The Morgan fingerprint density at radius 2 is 1.33 bits per heavy atom.